The summed E-state index contributed by atoms with van der Waals surface area (Å²) in [4.78, 5) is 0. The molecule has 1 atom stereocenters. The molecular weight excluding hydrogens is 250 g/mol. The smallest absolute Gasteiger partial charge is 0.157 e. The monoisotopic (exact) mass is 272 g/mol. The van der Waals surface area contributed by atoms with Gasteiger partial charge >= 0.3 is 0 Å². The van der Waals surface area contributed by atoms with Gasteiger partial charge in [0.1, 0.15) is 18.3 Å². The van der Waals surface area contributed by atoms with Crippen molar-refractivity contribution in [1.29, 1.82) is 0 Å². The second kappa shape index (κ2) is 6.96. The molecule has 106 valence electrons. The van der Waals surface area contributed by atoms with E-state index in [-0.39, 0.29) is 0 Å². The second-order valence-electron chi connectivity index (χ2n) is 5.06. The van der Waals surface area contributed by atoms with Gasteiger partial charge in [-0.2, -0.15) is 0 Å². The molecule has 2 rings (SSSR count). The first-order valence-corrected chi connectivity index (χ1v) is 6.83. The van der Waals surface area contributed by atoms with Crippen LogP contribution in [0.5, 0.6) is 5.75 Å². The summed E-state index contributed by atoms with van der Waals surface area (Å²) in [7, 11) is 1.68. The van der Waals surface area contributed by atoms with Crippen molar-refractivity contribution in [2.75, 3.05) is 7.11 Å². The molecule has 1 aromatic carbocycles. The fourth-order valence-electron chi connectivity index (χ4n) is 2.25. The molecule has 0 bridgehead atoms. The number of hydrogen-bond acceptors (Lipinski definition) is 2. The van der Waals surface area contributed by atoms with Crippen molar-refractivity contribution in [1.82, 2.24) is 0 Å². The predicted molar refractivity (Wildman–Crippen MR) is 79.5 cm³/mol. The minimum absolute atomic E-state index is 0.350. The number of benzene rings is 1. The zero-order valence-electron chi connectivity index (χ0n) is 12.1. The number of methoxy groups -OCH3 is 1. The lowest BCUT2D eigenvalue weighted by Gasteiger charge is -2.16. The number of ether oxygens (including phenoxy) is 1. The van der Waals surface area contributed by atoms with Crippen LogP contribution < -0.4 is 10.1 Å². The van der Waals surface area contributed by atoms with Crippen LogP contribution in [0.15, 0.2) is 59.2 Å². The highest BCUT2D eigenvalue weighted by Crippen LogP contribution is 2.20. The molecule has 1 aromatic heterocycles. The Labute approximate surface area is 120 Å². The van der Waals surface area contributed by atoms with Gasteiger partial charge in [0, 0.05) is 12.0 Å². The highest BCUT2D eigenvalue weighted by Gasteiger charge is 2.15. The molecule has 0 radical (unpaired) electrons. The van der Waals surface area contributed by atoms with Gasteiger partial charge < -0.3 is 14.5 Å². The molecule has 3 nitrogen and oxygen atoms in total. The summed E-state index contributed by atoms with van der Waals surface area (Å²) in [5.41, 5.74) is 2.46. The van der Waals surface area contributed by atoms with Gasteiger partial charge in [0.2, 0.25) is 0 Å². The van der Waals surface area contributed by atoms with Gasteiger partial charge in [0.15, 0.2) is 5.76 Å². The lowest BCUT2D eigenvalue weighted by Crippen LogP contribution is -2.83. The highest BCUT2D eigenvalue weighted by molar-refractivity contribution is 5.28. The summed E-state index contributed by atoms with van der Waals surface area (Å²) < 4.78 is 10.6. The van der Waals surface area contributed by atoms with E-state index in [1.54, 1.807) is 13.4 Å². The van der Waals surface area contributed by atoms with Gasteiger partial charge in [-0.1, -0.05) is 12.2 Å². The van der Waals surface area contributed by atoms with Crippen LogP contribution in [0.3, 0.4) is 0 Å². The molecule has 0 saturated heterocycles. The molecule has 2 aromatic rings. The van der Waals surface area contributed by atoms with E-state index in [2.05, 4.69) is 31.0 Å². The van der Waals surface area contributed by atoms with Crippen molar-refractivity contribution in [3.05, 3.63) is 66.1 Å². The van der Waals surface area contributed by atoms with E-state index < -0.39 is 0 Å². The zero-order valence-corrected chi connectivity index (χ0v) is 12.1. The largest absolute Gasteiger partial charge is 0.497 e. The van der Waals surface area contributed by atoms with Crippen molar-refractivity contribution >= 4 is 0 Å². The fraction of sp³-hybridized carbons (Fsp3) is 0.294. The van der Waals surface area contributed by atoms with Gasteiger partial charge in [0.05, 0.1) is 13.4 Å². The third kappa shape index (κ3) is 4.00. The van der Waals surface area contributed by atoms with Crippen LogP contribution in [0.1, 0.15) is 30.7 Å². The Balaban J connectivity index is 2.07. The summed E-state index contributed by atoms with van der Waals surface area (Å²) in [6, 6.07) is 12.5. The van der Waals surface area contributed by atoms with Crippen molar-refractivity contribution in [2.24, 2.45) is 0 Å². The third-order valence-electron chi connectivity index (χ3n) is 3.30. The molecular formula is C17H22NO2+. The first kappa shape index (κ1) is 14.4. The molecule has 3 heteroatoms. The first-order valence-electron chi connectivity index (χ1n) is 6.83. The number of nitrogens with two attached hydrogens (primary N) is 1. The summed E-state index contributed by atoms with van der Waals surface area (Å²) >= 11 is 0. The predicted octanol–water partition coefficient (Wildman–Crippen LogP) is 3.06. The number of hydrogen-bond donors (Lipinski definition) is 1. The molecule has 20 heavy (non-hydrogen) atoms. The van der Waals surface area contributed by atoms with Crippen molar-refractivity contribution in [3.63, 3.8) is 0 Å². The quantitative estimate of drug-likeness (QED) is 0.787. The lowest BCUT2D eigenvalue weighted by atomic mass is 10.00. The topological polar surface area (TPSA) is 39.0 Å². The van der Waals surface area contributed by atoms with Crippen molar-refractivity contribution < 1.29 is 14.5 Å². The average Bonchev–Trinajstić information content (AvgIpc) is 2.96. The maximum absolute atomic E-state index is 5.39. The van der Waals surface area contributed by atoms with Gasteiger partial charge in [-0.3, -0.25) is 0 Å². The van der Waals surface area contributed by atoms with E-state index >= 15 is 0 Å². The Morgan fingerprint density at radius 1 is 1.30 bits per heavy atom. The molecule has 0 aliphatic heterocycles. The normalized spacial score (nSPS) is 12.1. The van der Waals surface area contributed by atoms with Crippen molar-refractivity contribution in [2.45, 2.75) is 25.9 Å². The van der Waals surface area contributed by atoms with Crippen LogP contribution in [0, 0.1) is 0 Å². The van der Waals surface area contributed by atoms with E-state index in [4.69, 9.17) is 9.15 Å². The highest BCUT2D eigenvalue weighted by atomic mass is 16.5. The summed E-state index contributed by atoms with van der Waals surface area (Å²) in [5, 5.41) is 2.29. The molecule has 0 unspecified atom stereocenters. The van der Waals surface area contributed by atoms with Crippen LogP contribution in [0.2, 0.25) is 0 Å². The molecule has 1 heterocycles. The number of quaternary nitrogens is 1. The molecule has 0 aliphatic rings. The number of rotatable bonds is 7. The first-order chi connectivity index (χ1) is 9.69. The summed E-state index contributed by atoms with van der Waals surface area (Å²) in [6.07, 6.45) is 2.66. The Morgan fingerprint density at radius 3 is 2.60 bits per heavy atom. The molecule has 0 fully saturated rings. The molecule has 0 saturated carbocycles. The second-order valence-corrected chi connectivity index (χ2v) is 5.06. The van der Waals surface area contributed by atoms with E-state index in [1.165, 1.54) is 11.1 Å². The van der Waals surface area contributed by atoms with Crippen LogP contribution >= 0.6 is 0 Å². The molecule has 0 spiro atoms. The van der Waals surface area contributed by atoms with E-state index in [9.17, 15) is 0 Å². The van der Waals surface area contributed by atoms with Crippen LogP contribution in [0.25, 0.3) is 0 Å². The number of furan rings is 1. The lowest BCUT2D eigenvalue weighted by molar-refractivity contribution is -0.712. The maximum Gasteiger partial charge on any atom is 0.157 e. The molecule has 2 N–H and O–H groups in total. The van der Waals surface area contributed by atoms with Gasteiger partial charge in [0.25, 0.3) is 0 Å². The van der Waals surface area contributed by atoms with Crippen molar-refractivity contribution in [3.8, 4) is 5.75 Å². The molecule has 0 amide bonds. The van der Waals surface area contributed by atoms with E-state index in [1.807, 2.05) is 24.3 Å². The summed E-state index contributed by atoms with van der Waals surface area (Å²) in [6.45, 7) is 6.93. The Bertz CT molecular complexity index is 529. The SMILES string of the molecule is C=C(C)C[C@H]([NH2+]Cc1ccco1)c1ccc(OC)cc1. The minimum atomic E-state index is 0.350. The van der Waals surface area contributed by atoms with Crippen LogP contribution in [-0.2, 0) is 6.54 Å². The van der Waals surface area contributed by atoms with Crippen LogP contribution in [-0.4, -0.2) is 7.11 Å². The average molecular weight is 272 g/mol. The van der Waals surface area contributed by atoms with E-state index in [0.717, 1.165) is 24.5 Å². The molecule has 0 aliphatic carbocycles. The third-order valence-corrected chi connectivity index (χ3v) is 3.30. The Kier molecular flexibility index (Phi) is 5.02. The van der Waals surface area contributed by atoms with Gasteiger partial charge in [-0.05, 0) is 43.3 Å². The maximum atomic E-state index is 5.39. The zero-order chi connectivity index (χ0) is 14.4. The standard InChI is InChI=1S/C17H21NO2/c1-13(2)11-17(18-12-16-5-4-10-20-16)14-6-8-15(19-3)9-7-14/h4-10,17-18H,1,11-12H2,2-3H3/p+1/t17-/m0/s1. The fourth-order valence-corrected chi connectivity index (χ4v) is 2.25. The minimum Gasteiger partial charge on any atom is -0.497 e. The van der Waals surface area contributed by atoms with Gasteiger partial charge in [-0.15, -0.1) is 0 Å². The summed E-state index contributed by atoms with van der Waals surface area (Å²) in [5.74, 6) is 1.87. The van der Waals surface area contributed by atoms with E-state index in [0.29, 0.717) is 6.04 Å². The Morgan fingerprint density at radius 2 is 2.05 bits per heavy atom. The van der Waals surface area contributed by atoms with Gasteiger partial charge in [-0.25, -0.2) is 0 Å². The van der Waals surface area contributed by atoms with Crippen LogP contribution in [0.4, 0.5) is 0 Å². The Hall–Kier alpha value is -2.00.